The number of allylic oxidation sites excluding steroid dienone is 4. The van der Waals surface area contributed by atoms with E-state index in [1.54, 1.807) is 0 Å². The van der Waals surface area contributed by atoms with E-state index >= 15 is 0 Å². The van der Waals surface area contributed by atoms with Crippen molar-refractivity contribution in [3.8, 4) is 10.4 Å². The van der Waals surface area contributed by atoms with Crippen LogP contribution in [0.4, 0.5) is 0 Å². The van der Waals surface area contributed by atoms with Crippen LogP contribution in [0.5, 0.6) is 0 Å². The average Bonchev–Trinajstić information content (AvgIpc) is 3.43. The lowest BCUT2D eigenvalue weighted by Gasteiger charge is -2.24. The van der Waals surface area contributed by atoms with Crippen molar-refractivity contribution in [2.45, 2.75) is 39.2 Å². The van der Waals surface area contributed by atoms with Crippen LogP contribution in [0.25, 0.3) is 31.4 Å². The number of benzene rings is 2. The Morgan fingerprint density at radius 1 is 1.03 bits per heavy atom. The summed E-state index contributed by atoms with van der Waals surface area (Å²) in [5.41, 5.74) is 4.16. The molecule has 2 N–H and O–H groups in total. The number of nitrogens with zero attached hydrogens (tertiary/aromatic N) is 1. The highest BCUT2D eigenvalue weighted by molar-refractivity contribution is 7.22. The zero-order chi connectivity index (χ0) is 26.6. The van der Waals surface area contributed by atoms with Crippen LogP contribution in [-0.4, -0.2) is 28.1 Å². The number of thiophene rings is 1. The molecule has 0 saturated carbocycles. The second kappa shape index (κ2) is 11.2. The van der Waals surface area contributed by atoms with E-state index in [9.17, 15) is 9.59 Å². The quantitative estimate of drug-likeness (QED) is 0.238. The van der Waals surface area contributed by atoms with E-state index in [4.69, 9.17) is 5.11 Å². The molecule has 5 nitrogen and oxygen atoms in total. The van der Waals surface area contributed by atoms with Gasteiger partial charge in [-0.05, 0) is 71.7 Å². The predicted molar refractivity (Wildman–Crippen MR) is 156 cm³/mol. The number of fused-ring (bicyclic) bond motifs is 2. The zero-order valence-electron chi connectivity index (χ0n) is 21.7. The fourth-order valence-corrected chi connectivity index (χ4v) is 6.07. The van der Waals surface area contributed by atoms with Crippen molar-refractivity contribution in [1.29, 1.82) is 0 Å². The van der Waals surface area contributed by atoms with Crippen molar-refractivity contribution >= 4 is 44.2 Å². The number of aromatic nitrogens is 1. The van der Waals surface area contributed by atoms with Gasteiger partial charge in [0.15, 0.2) is 0 Å². The molecular weight excluding hydrogens is 492 g/mol. The van der Waals surface area contributed by atoms with Gasteiger partial charge in [-0.3, -0.25) is 9.59 Å². The number of aliphatic carboxylic acids is 1. The van der Waals surface area contributed by atoms with E-state index in [2.05, 4.69) is 90.6 Å². The summed E-state index contributed by atoms with van der Waals surface area (Å²) < 4.78 is 3.66. The number of carboxylic acids is 1. The largest absolute Gasteiger partial charge is 0.481 e. The summed E-state index contributed by atoms with van der Waals surface area (Å²) >= 11 is 1.82. The summed E-state index contributed by atoms with van der Waals surface area (Å²) in [5, 5.41) is 14.0. The van der Waals surface area contributed by atoms with Crippen LogP contribution >= 0.6 is 11.3 Å². The molecule has 6 heteroatoms. The number of hydrogen-bond acceptors (Lipinski definition) is 3. The number of carboxylic acid groups (broad SMARTS) is 1. The van der Waals surface area contributed by atoms with Gasteiger partial charge < -0.3 is 15.0 Å². The molecule has 0 aliphatic heterocycles. The van der Waals surface area contributed by atoms with Gasteiger partial charge in [-0.25, -0.2) is 0 Å². The second-order valence-electron chi connectivity index (χ2n) is 10.1. The lowest BCUT2D eigenvalue weighted by atomic mass is 9.95. The van der Waals surface area contributed by atoms with E-state index in [1.807, 2.05) is 29.6 Å². The number of rotatable bonds is 9. The molecule has 194 valence electrons. The van der Waals surface area contributed by atoms with Crippen LogP contribution in [0.1, 0.15) is 39.2 Å². The molecule has 0 spiro atoms. The number of amides is 1. The lowest BCUT2D eigenvalue weighted by Crippen LogP contribution is -2.26. The monoisotopic (exact) mass is 524 g/mol. The van der Waals surface area contributed by atoms with E-state index in [0.717, 1.165) is 6.42 Å². The average molecular weight is 525 g/mol. The zero-order valence-corrected chi connectivity index (χ0v) is 22.5. The molecule has 4 aromatic rings. The summed E-state index contributed by atoms with van der Waals surface area (Å²) in [6.45, 7) is 4.59. The molecule has 38 heavy (non-hydrogen) atoms. The van der Waals surface area contributed by atoms with Gasteiger partial charge in [0, 0.05) is 38.8 Å². The summed E-state index contributed by atoms with van der Waals surface area (Å²) in [5.74, 6) is -0.677. The van der Waals surface area contributed by atoms with Gasteiger partial charge in [-0.2, -0.15) is 0 Å². The van der Waals surface area contributed by atoms with Gasteiger partial charge in [0.1, 0.15) is 0 Å². The second-order valence-corrected chi connectivity index (χ2v) is 11.2. The summed E-state index contributed by atoms with van der Waals surface area (Å²) in [4.78, 5) is 24.6. The Balaban J connectivity index is 1.40. The van der Waals surface area contributed by atoms with Crippen molar-refractivity contribution in [1.82, 2.24) is 9.88 Å². The third-order valence-electron chi connectivity index (χ3n) is 6.88. The molecule has 0 saturated heterocycles. The van der Waals surface area contributed by atoms with Crippen molar-refractivity contribution in [2.24, 2.45) is 5.92 Å². The Morgan fingerprint density at radius 3 is 2.66 bits per heavy atom. The molecule has 0 radical (unpaired) electrons. The highest BCUT2D eigenvalue weighted by Crippen LogP contribution is 2.37. The minimum absolute atomic E-state index is 0.0893. The van der Waals surface area contributed by atoms with Crippen molar-refractivity contribution in [2.75, 3.05) is 6.54 Å². The molecule has 1 amide bonds. The van der Waals surface area contributed by atoms with Gasteiger partial charge >= 0.3 is 5.97 Å². The number of carbonyl (C=O) groups excluding carboxylic acids is 1. The normalized spacial score (nSPS) is 14.4. The molecule has 0 fully saturated rings. The Kier molecular flexibility index (Phi) is 7.61. The number of carbonyl (C=O) groups is 2. The van der Waals surface area contributed by atoms with Crippen LogP contribution in [0.2, 0.25) is 0 Å². The highest BCUT2D eigenvalue weighted by atomic mass is 32.1. The van der Waals surface area contributed by atoms with E-state index in [1.165, 1.54) is 37.0 Å². The van der Waals surface area contributed by atoms with Crippen molar-refractivity contribution in [3.05, 3.63) is 96.2 Å². The van der Waals surface area contributed by atoms with E-state index in [0.29, 0.717) is 17.9 Å². The minimum atomic E-state index is -0.925. The molecule has 2 aromatic carbocycles. The fraction of sp³-hybridized carbons (Fsp3) is 0.250. The van der Waals surface area contributed by atoms with Crippen LogP contribution < -0.4 is 5.32 Å². The molecule has 0 bridgehead atoms. The first-order chi connectivity index (χ1) is 18.4. The smallest absolute Gasteiger partial charge is 0.305 e. The van der Waals surface area contributed by atoms with Crippen LogP contribution in [0, 0.1) is 5.92 Å². The Hall–Kier alpha value is -3.90. The summed E-state index contributed by atoms with van der Waals surface area (Å²) in [6.07, 6.45) is 11.7. The van der Waals surface area contributed by atoms with Gasteiger partial charge in [0.05, 0.1) is 12.5 Å². The topological polar surface area (TPSA) is 71.3 Å². The van der Waals surface area contributed by atoms with Crippen LogP contribution in [0.15, 0.2) is 96.2 Å². The molecule has 1 aliphatic carbocycles. The van der Waals surface area contributed by atoms with Gasteiger partial charge in [-0.15, -0.1) is 11.3 Å². The molecule has 1 atom stereocenters. The standard InChI is InChI=1S/C32H32N2O3S/c1-21(2)18-28(22-7-5-8-23(11-10-22)32(37)33-16-14-31(35)36)34-17-15-24-19-26(12-13-27(24)34)30-20-25-6-3-4-9-29(25)38-30/h3-4,6-13,15,17,19-21,28H,5,14,16,18H2,1-2H3,(H,33,37)(H,35,36). The molecule has 1 aliphatic rings. The third-order valence-corrected chi connectivity index (χ3v) is 8.04. The molecule has 5 rings (SSSR count). The Morgan fingerprint density at radius 2 is 1.87 bits per heavy atom. The maximum absolute atomic E-state index is 12.5. The van der Waals surface area contributed by atoms with E-state index in [-0.39, 0.29) is 24.9 Å². The van der Waals surface area contributed by atoms with Crippen molar-refractivity contribution in [3.63, 3.8) is 0 Å². The first-order valence-electron chi connectivity index (χ1n) is 13.1. The first kappa shape index (κ1) is 25.7. The molecule has 2 aromatic heterocycles. The van der Waals surface area contributed by atoms with Crippen molar-refractivity contribution < 1.29 is 14.7 Å². The SMILES string of the molecule is CC(C)CC(C1=CCC=C(C(=O)NCCC(=O)O)C=C1)n1ccc2cc(-c3cc4ccccc4s3)ccc21. The maximum Gasteiger partial charge on any atom is 0.305 e. The van der Waals surface area contributed by atoms with E-state index < -0.39 is 5.97 Å². The predicted octanol–water partition coefficient (Wildman–Crippen LogP) is 7.51. The molecule has 2 heterocycles. The fourth-order valence-electron chi connectivity index (χ4n) is 5.01. The van der Waals surface area contributed by atoms with Gasteiger partial charge in [0.2, 0.25) is 0 Å². The maximum atomic E-state index is 12.5. The van der Waals surface area contributed by atoms with Gasteiger partial charge in [-0.1, -0.05) is 56.3 Å². The number of hydrogen-bond donors (Lipinski definition) is 2. The Labute approximate surface area is 226 Å². The third kappa shape index (κ3) is 5.65. The first-order valence-corrected chi connectivity index (χ1v) is 13.9. The summed E-state index contributed by atoms with van der Waals surface area (Å²) in [6, 6.07) is 19.8. The molecular formula is C32H32N2O3S. The minimum Gasteiger partial charge on any atom is -0.481 e. The number of nitrogens with one attached hydrogen (secondary N) is 1. The van der Waals surface area contributed by atoms with Crippen LogP contribution in [-0.2, 0) is 9.59 Å². The molecule has 1 unspecified atom stereocenters. The highest BCUT2D eigenvalue weighted by Gasteiger charge is 2.20. The summed E-state index contributed by atoms with van der Waals surface area (Å²) in [7, 11) is 0. The van der Waals surface area contributed by atoms with Crippen LogP contribution in [0.3, 0.4) is 0 Å². The Bertz CT molecular complexity index is 1550. The lowest BCUT2D eigenvalue weighted by molar-refractivity contribution is -0.136. The van der Waals surface area contributed by atoms with Gasteiger partial charge in [0.25, 0.3) is 5.91 Å².